The number of hydrogen-bond donors (Lipinski definition) is 0. The highest BCUT2D eigenvalue weighted by atomic mass is 32.1. The first kappa shape index (κ1) is 16.8. The molecule has 1 aliphatic rings. The molecular weight excluding hydrogens is 348 g/mol. The first-order valence-corrected chi connectivity index (χ1v) is 9.47. The van der Waals surface area contributed by atoms with Crippen molar-refractivity contribution in [2.75, 3.05) is 18.6 Å². The smallest absolute Gasteiger partial charge is 0.280 e. The number of thiophene rings is 1. The molecule has 0 atom stereocenters. The van der Waals surface area contributed by atoms with E-state index in [1.807, 2.05) is 29.6 Å². The Morgan fingerprint density at radius 1 is 1.31 bits per heavy atom. The molecule has 0 saturated heterocycles. The number of hydrogen-bond acceptors (Lipinski definition) is 5. The van der Waals surface area contributed by atoms with Crippen molar-refractivity contribution >= 4 is 22.9 Å². The first-order chi connectivity index (χ1) is 12.6. The largest absolute Gasteiger partial charge is 0.495 e. The number of ether oxygens (including phenoxy) is 1. The van der Waals surface area contributed by atoms with Crippen molar-refractivity contribution in [1.82, 2.24) is 4.98 Å². The Hall–Kier alpha value is -2.60. The number of carbonyl (C=O) groups excluding carboxylic acids is 1. The molecule has 26 heavy (non-hydrogen) atoms. The van der Waals surface area contributed by atoms with Gasteiger partial charge in [-0.25, -0.2) is 4.98 Å². The summed E-state index contributed by atoms with van der Waals surface area (Å²) in [5, 5.41) is 1.96. The van der Waals surface area contributed by atoms with Gasteiger partial charge in [-0.2, -0.15) is 0 Å². The van der Waals surface area contributed by atoms with Crippen molar-refractivity contribution in [3.05, 3.63) is 52.2 Å². The van der Waals surface area contributed by atoms with Gasteiger partial charge >= 0.3 is 0 Å². The molecule has 0 N–H and O–H groups in total. The Labute approximate surface area is 156 Å². The Kier molecular flexibility index (Phi) is 4.28. The Morgan fingerprint density at radius 3 is 2.88 bits per heavy atom. The van der Waals surface area contributed by atoms with E-state index >= 15 is 0 Å². The average molecular weight is 368 g/mol. The van der Waals surface area contributed by atoms with E-state index in [1.54, 1.807) is 30.3 Å². The summed E-state index contributed by atoms with van der Waals surface area (Å²) in [6.07, 6.45) is 1.86. The molecule has 0 spiro atoms. The number of aryl methyl sites for hydroxylation is 2. The molecular formula is C20H20N2O3S. The number of nitrogens with zero attached hydrogens (tertiary/aromatic N) is 2. The number of benzene rings is 1. The number of amides is 1. The van der Waals surface area contributed by atoms with Crippen LogP contribution in [0.3, 0.4) is 0 Å². The lowest BCUT2D eigenvalue weighted by Crippen LogP contribution is -2.36. The van der Waals surface area contributed by atoms with Crippen molar-refractivity contribution in [2.24, 2.45) is 0 Å². The first-order valence-electron chi connectivity index (χ1n) is 8.59. The van der Waals surface area contributed by atoms with Crippen LogP contribution in [0.5, 0.6) is 5.75 Å². The third kappa shape index (κ3) is 2.70. The zero-order chi connectivity index (χ0) is 18.3. The van der Waals surface area contributed by atoms with Gasteiger partial charge in [0.1, 0.15) is 11.5 Å². The molecule has 0 radical (unpaired) electrons. The summed E-state index contributed by atoms with van der Waals surface area (Å²) in [4.78, 5) is 20.5. The van der Waals surface area contributed by atoms with Gasteiger partial charge in [0.25, 0.3) is 5.91 Å². The molecule has 0 unspecified atom stereocenters. The highest BCUT2D eigenvalue weighted by Crippen LogP contribution is 2.39. The highest BCUT2D eigenvalue weighted by molar-refractivity contribution is 7.13. The maximum atomic E-state index is 13.3. The minimum atomic E-state index is -0.140. The van der Waals surface area contributed by atoms with Gasteiger partial charge in [0.05, 0.1) is 17.7 Å². The predicted molar refractivity (Wildman–Crippen MR) is 102 cm³/mol. The minimum Gasteiger partial charge on any atom is -0.495 e. The van der Waals surface area contributed by atoms with Gasteiger partial charge in [0.2, 0.25) is 5.89 Å². The standard InChI is InChI=1S/C20H20N2O3S/c1-12-8-9-15(24-3)18-14(12)6-4-10-22(18)20(23)17-13(2)25-19(21-17)16-7-5-11-26-16/h5,7-9,11H,4,6,10H2,1-3H3. The molecule has 0 saturated carbocycles. The molecule has 4 rings (SSSR count). The summed E-state index contributed by atoms with van der Waals surface area (Å²) in [5.41, 5.74) is 3.58. The van der Waals surface area contributed by atoms with E-state index in [0.29, 0.717) is 23.9 Å². The minimum absolute atomic E-state index is 0.140. The maximum absolute atomic E-state index is 13.3. The van der Waals surface area contributed by atoms with Gasteiger partial charge in [0, 0.05) is 6.54 Å². The van der Waals surface area contributed by atoms with Crippen molar-refractivity contribution in [1.29, 1.82) is 0 Å². The molecule has 5 nitrogen and oxygen atoms in total. The van der Waals surface area contributed by atoms with E-state index in [1.165, 1.54) is 11.1 Å². The number of rotatable bonds is 3. The van der Waals surface area contributed by atoms with Crippen LogP contribution in [0.15, 0.2) is 34.1 Å². The monoisotopic (exact) mass is 368 g/mol. The lowest BCUT2D eigenvalue weighted by molar-refractivity contribution is 0.0978. The topological polar surface area (TPSA) is 55.6 Å². The van der Waals surface area contributed by atoms with Gasteiger partial charge in [-0.15, -0.1) is 11.3 Å². The fourth-order valence-electron chi connectivity index (χ4n) is 3.45. The fraction of sp³-hybridized carbons (Fsp3) is 0.300. The normalized spacial score (nSPS) is 13.6. The fourth-order valence-corrected chi connectivity index (χ4v) is 4.10. The molecule has 3 heterocycles. The van der Waals surface area contributed by atoms with E-state index in [0.717, 1.165) is 29.2 Å². The van der Waals surface area contributed by atoms with Crippen molar-refractivity contribution in [3.8, 4) is 16.5 Å². The molecule has 3 aromatic rings. The second kappa shape index (κ2) is 6.61. The molecule has 134 valence electrons. The van der Waals surface area contributed by atoms with Gasteiger partial charge in [0.15, 0.2) is 5.69 Å². The number of carbonyl (C=O) groups is 1. The molecule has 2 aromatic heterocycles. The lowest BCUT2D eigenvalue weighted by Gasteiger charge is -2.31. The van der Waals surface area contributed by atoms with E-state index in [-0.39, 0.29) is 5.91 Å². The summed E-state index contributed by atoms with van der Waals surface area (Å²) in [6.45, 7) is 4.50. The highest BCUT2D eigenvalue weighted by Gasteiger charge is 2.31. The number of oxazole rings is 1. The SMILES string of the molecule is COc1ccc(C)c2c1N(C(=O)c1nc(-c3cccs3)oc1C)CCC2. The van der Waals surface area contributed by atoms with Gasteiger partial charge in [-0.05, 0) is 55.3 Å². The Morgan fingerprint density at radius 2 is 2.15 bits per heavy atom. The second-order valence-electron chi connectivity index (χ2n) is 6.37. The zero-order valence-electron chi connectivity index (χ0n) is 15.0. The van der Waals surface area contributed by atoms with E-state index in [9.17, 15) is 4.79 Å². The van der Waals surface area contributed by atoms with Crippen molar-refractivity contribution in [3.63, 3.8) is 0 Å². The third-order valence-electron chi connectivity index (χ3n) is 4.75. The van der Waals surface area contributed by atoms with Crippen LogP contribution in [-0.2, 0) is 6.42 Å². The van der Waals surface area contributed by atoms with E-state index < -0.39 is 0 Å². The summed E-state index contributed by atoms with van der Waals surface area (Å²) >= 11 is 1.54. The Bertz CT molecular complexity index is 960. The molecule has 0 bridgehead atoms. The van der Waals surface area contributed by atoms with Crippen LogP contribution < -0.4 is 9.64 Å². The van der Waals surface area contributed by atoms with Gasteiger partial charge in [-0.3, -0.25) is 4.79 Å². The number of anilines is 1. The quantitative estimate of drug-likeness (QED) is 0.677. The average Bonchev–Trinajstić information content (AvgIpc) is 3.31. The van der Waals surface area contributed by atoms with Gasteiger partial charge < -0.3 is 14.1 Å². The third-order valence-corrected chi connectivity index (χ3v) is 5.61. The van der Waals surface area contributed by atoms with Crippen LogP contribution in [0.1, 0.15) is 33.8 Å². The summed E-state index contributed by atoms with van der Waals surface area (Å²) in [7, 11) is 1.64. The van der Waals surface area contributed by atoms with Crippen molar-refractivity contribution in [2.45, 2.75) is 26.7 Å². The van der Waals surface area contributed by atoms with Crippen LogP contribution in [-0.4, -0.2) is 24.5 Å². The number of methoxy groups -OCH3 is 1. The summed E-state index contributed by atoms with van der Waals surface area (Å²) in [5.74, 6) is 1.61. The maximum Gasteiger partial charge on any atom is 0.280 e. The molecule has 1 aromatic carbocycles. The van der Waals surface area contributed by atoms with Crippen LogP contribution >= 0.6 is 11.3 Å². The van der Waals surface area contributed by atoms with Gasteiger partial charge in [-0.1, -0.05) is 12.1 Å². The molecule has 1 aliphatic heterocycles. The van der Waals surface area contributed by atoms with Crippen LogP contribution in [0, 0.1) is 13.8 Å². The summed E-state index contributed by atoms with van der Waals surface area (Å²) in [6, 6.07) is 7.84. The Balaban J connectivity index is 1.76. The molecule has 0 fully saturated rings. The van der Waals surface area contributed by atoms with Crippen LogP contribution in [0.2, 0.25) is 0 Å². The number of aromatic nitrogens is 1. The zero-order valence-corrected chi connectivity index (χ0v) is 15.9. The van der Waals surface area contributed by atoms with Crippen LogP contribution in [0.25, 0.3) is 10.8 Å². The van der Waals surface area contributed by atoms with Crippen molar-refractivity contribution < 1.29 is 13.9 Å². The summed E-state index contributed by atoms with van der Waals surface area (Å²) < 4.78 is 11.3. The van der Waals surface area contributed by atoms with E-state index in [4.69, 9.17) is 9.15 Å². The predicted octanol–water partition coefficient (Wildman–Crippen LogP) is 4.62. The number of fused-ring (bicyclic) bond motifs is 1. The molecule has 0 aliphatic carbocycles. The molecule has 1 amide bonds. The van der Waals surface area contributed by atoms with E-state index in [2.05, 4.69) is 11.9 Å². The lowest BCUT2D eigenvalue weighted by atomic mass is 9.96. The second-order valence-corrected chi connectivity index (χ2v) is 7.32. The molecule has 6 heteroatoms. The van der Waals surface area contributed by atoms with Crippen LogP contribution in [0.4, 0.5) is 5.69 Å².